The van der Waals surface area contributed by atoms with Crippen LogP contribution in [0.3, 0.4) is 0 Å². The zero-order valence-corrected chi connectivity index (χ0v) is 8.80. The number of nitrogens with one attached hydrogen (secondary N) is 1. The molecule has 1 aromatic carbocycles. The highest BCUT2D eigenvalue weighted by molar-refractivity contribution is 7.17. The largest absolute Gasteiger partial charge is 0.454 e. The van der Waals surface area contributed by atoms with E-state index in [0.29, 0.717) is 0 Å². The third-order valence-electron chi connectivity index (χ3n) is 2.19. The standard InChI is InChI=1S/C10H12NO2P/c12-8-6-11-10(14)9(13-8)7-4-2-1-3-5-7/h1-5,9-11H,6,14H2/t9-,10+/m0/s1. The van der Waals surface area contributed by atoms with Crippen molar-refractivity contribution in [3.63, 3.8) is 0 Å². The summed E-state index contributed by atoms with van der Waals surface area (Å²) >= 11 is 0. The number of cyclic esters (lactones) is 1. The molecule has 0 spiro atoms. The molecule has 2 rings (SSSR count). The summed E-state index contributed by atoms with van der Waals surface area (Å²) in [6, 6.07) is 9.74. The fourth-order valence-electron chi connectivity index (χ4n) is 1.48. The van der Waals surface area contributed by atoms with Crippen molar-refractivity contribution in [2.75, 3.05) is 6.54 Å². The van der Waals surface area contributed by atoms with E-state index >= 15 is 0 Å². The molecule has 0 bridgehead atoms. The summed E-state index contributed by atoms with van der Waals surface area (Å²) in [6.07, 6.45) is -0.192. The molecule has 14 heavy (non-hydrogen) atoms. The van der Waals surface area contributed by atoms with Crippen LogP contribution in [0.2, 0.25) is 0 Å². The normalized spacial score (nSPS) is 27.1. The molecule has 3 atom stereocenters. The Morgan fingerprint density at radius 2 is 2.07 bits per heavy atom. The lowest BCUT2D eigenvalue weighted by atomic mass is 10.1. The highest BCUT2D eigenvalue weighted by atomic mass is 31.0. The number of benzene rings is 1. The Bertz CT molecular complexity index is 328. The van der Waals surface area contributed by atoms with E-state index in [1.54, 1.807) is 0 Å². The maximum absolute atomic E-state index is 11.1. The van der Waals surface area contributed by atoms with E-state index in [9.17, 15) is 4.79 Å². The topological polar surface area (TPSA) is 38.3 Å². The van der Waals surface area contributed by atoms with Crippen molar-refractivity contribution in [1.82, 2.24) is 5.32 Å². The van der Waals surface area contributed by atoms with Crippen LogP contribution in [0.1, 0.15) is 11.7 Å². The van der Waals surface area contributed by atoms with Crippen molar-refractivity contribution < 1.29 is 9.53 Å². The Labute approximate surface area is 85.0 Å². The van der Waals surface area contributed by atoms with E-state index in [2.05, 4.69) is 14.6 Å². The van der Waals surface area contributed by atoms with Gasteiger partial charge >= 0.3 is 5.97 Å². The molecule has 1 aromatic rings. The molecule has 1 unspecified atom stereocenters. The summed E-state index contributed by atoms with van der Waals surface area (Å²) in [5.41, 5.74) is 1.02. The van der Waals surface area contributed by atoms with Gasteiger partial charge in [0.25, 0.3) is 0 Å². The monoisotopic (exact) mass is 209 g/mol. The molecule has 1 aliphatic rings. The summed E-state index contributed by atoms with van der Waals surface area (Å²) in [7, 11) is 2.65. The van der Waals surface area contributed by atoms with Gasteiger partial charge in [-0.2, -0.15) is 0 Å². The van der Waals surface area contributed by atoms with Gasteiger partial charge in [0.1, 0.15) is 6.10 Å². The molecular formula is C10H12NO2P. The zero-order valence-electron chi connectivity index (χ0n) is 7.64. The van der Waals surface area contributed by atoms with Crippen LogP contribution in [0.5, 0.6) is 0 Å². The molecule has 1 N–H and O–H groups in total. The average molecular weight is 209 g/mol. The van der Waals surface area contributed by atoms with Gasteiger partial charge in [0, 0.05) is 0 Å². The van der Waals surface area contributed by atoms with E-state index in [4.69, 9.17) is 4.74 Å². The van der Waals surface area contributed by atoms with Crippen molar-refractivity contribution in [2.45, 2.75) is 11.9 Å². The first-order valence-corrected chi connectivity index (χ1v) is 5.17. The third-order valence-corrected chi connectivity index (χ3v) is 2.78. The average Bonchev–Trinajstić information content (AvgIpc) is 2.23. The molecule has 1 fully saturated rings. The summed E-state index contributed by atoms with van der Waals surface area (Å²) in [5.74, 6) is -0.104. The van der Waals surface area contributed by atoms with Gasteiger partial charge in [-0.1, -0.05) is 30.3 Å². The second kappa shape index (κ2) is 4.07. The van der Waals surface area contributed by atoms with Crippen LogP contribution >= 0.6 is 9.24 Å². The molecule has 74 valence electrons. The lowest BCUT2D eigenvalue weighted by Gasteiger charge is -2.29. The van der Waals surface area contributed by atoms with Crippen molar-refractivity contribution in [3.05, 3.63) is 35.9 Å². The molecule has 0 amide bonds. The number of carbonyl (C=O) groups excluding carboxylic acids is 1. The van der Waals surface area contributed by atoms with Gasteiger partial charge in [0.05, 0.1) is 12.3 Å². The van der Waals surface area contributed by atoms with Gasteiger partial charge < -0.3 is 4.74 Å². The van der Waals surface area contributed by atoms with Gasteiger partial charge in [0.15, 0.2) is 0 Å². The smallest absolute Gasteiger partial charge is 0.320 e. The van der Waals surface area contributed by atoms with Gasteiger partial charge in [-0.3, -0.25) is 10.1 Å². The SMILES string of the molecule is O=C1CN[C@H](P)[C@H](c2ccccc2)O1. The maximum Gasteiger partial charge on any atom is 0.320 e. The first kappa shape index (κ1) is 9.63. The van der Waals surface area contributed by atoms with Crippen LogP contribution < -0.4 is 5.32 Å². The summed E-state index contributed by atoms with van der Waals surface area (Å²) in [6.45, 7) is 0.289. The fourth-order valence-corrected chi connectivity index (χ4v) is 1.90. The van der Waals surface area contributed by atoms with Gasteiger partial charge in [0.2, 0.25) is 0 Å². The van der Waals surface area contributed by atoms with Crippen LogP contribution in [0.25, 0.3) is 0 Å². The first-order chi connectivity index (χ1) is 6.77. The third kappa shape index (κ3) is 1.94. The first-order valence-electron chi connectivity index (χ1n) is 4.51. The molecule has 4 heteroatoms. The number of morpholine rings is 1. The second-order valence-corrected chi connectivity index (χ2v) is 3.95. The van der Waals surface area contributed by atoms with E-state index in [1.807, 2.05) is 30.3 Å². The molecule has 0 aliphatic carbocycles. The predicted octanol–water partition coefficient (Wildman–Crippen LogP) is 1.08. The number of carbonyl (C=O) groups is 1. The summed E-state index contributed by atoms with van der Waals surface area (Å²) < 4.78 is 5.26. The van der Waals surface area contributed by atoms with E-state index in [1.165, 1.54) is 0 Å². The van der Waals surface area contributed by atoms with Crippen molar-refractivity contribution >= 4 is 15.2 Å². The summed E-state index contributed by atoms with van der Waals surface area (Å²) in [5, 5.41) is 3.07. The van der Waals surface area contributed by atoms with Gasteiger partial charge in [-0.25, -0.2) is 0 Å². The number of ether oxygens (including phenoxy) is 1. The molecule has 3 nitrogen and oxygen atoms in total. The Balaban J connectivity index is 2.20. The molecule has 0 aromatic heterocycles. The molecule has 0 radical (unpaired) electrons. The van der Waals surface area contributed by atoms with Crippen LogP contribution in [0.4, 0.5) is 0 Å². The van der Waals surface area contributed by atoms with Crippen LogP contribution in [-0.2, 0) is 9.53 Å². The lowest BCUT2D eigenvalue weighted by molar-refractivity contribution is -0.152. The van der Waals surface area contributed by atoms with E-state index in [-0.39, 0.29) is 24.4 Å². The molecule has 0 saturated carbocycles. The highest BCUT2D eigenvalue weighted by Gasteiger charge is 2.28. The number of hydrogen-bond acceptors (Lipinski definition) is 3. The summed E-state index contributed by atoms with van der Waals surface area (Å²) in [4.78, 5) is 11.1. The van der Waals surface area contributed by atoms with E-state index < -0.39 is 0 Å². The molecule has 1 aliphatic heterocycles. The molecular weight excluding hydrogens is 197 g/mol. The highest BCUT2D eigenvalue weighted by Crippen LogP contribution is 2.27. The lowest BCUT2D eigenvalue weighted by Crippen LogP contribution is -2.42. The number of hydrogen-bond donors (Lipinski definition) is 1. The fraction of sp³-hybridized carbons (Fsp3) is 0.300. The minimum absolute atomic E-state index is 0.0927. The van der Waals surface area contributed by atoms with Crippen molar-refractivity contribution in [2.24, 2.45) is 0 Å². The maximum atomic E-state index is 11.1. The van der Waals surface area contributed by atoms with E-state index in [0.717, 1.165) is 5.56 Å². The van der Waals surface area contributed by atoms with Crippen LogP contribution in [-0.4, -0.2) is 18.3 Å². The Morgan fingerprint density at radius 3 is 2.79 bits per heavy atom. The molecule has 1 heterocycles. The van der Waals surface area contributed by atoms with Crippen molar-refractivity contribution in [1.29, 1.82) is 0 Å². The number of esters is 1. The predicted molar refractivity (Wildman–Crippen MR) is 56.8 cm³/mol. The van der Waals surface area contributed by atoms with Crippen LogP contribution in [0, 0.1) is 0 Å². The van der Waals surface area contributed by atoms with Gasteiger partial charge in [-0.15, -0.1) is 9.24 Å². The zero-order chi connectivity index (χ0) is 9.97. The Kier molecular flexibility index (Phi) is 2.80. The minimum Gasteiger partial charge on any atom is -0.454 e. The number of rotatable bonds is 1. The molecule has 1 saturated heterocycles. The minimum atomic E-state index is -0.197. The quantitative estimate of drug-likeness (QED) is 0.555. The van der Waals surface area contributed by atoms with Crippen LogP contribution in [0.15, 0.2) is 30.3 Å². The Hall–Kier alpha value is -0.920. The van der Waals surface area contributed by atoms with Gasteiger partial charge in [-0.05, 0) is 5.56 Å². The second-order valence-electron chi connectivity index (χ2n) is 3.23. The Morgan fingerprint density at radius 1 is 1.36 bits per heavy atom. The van der Waals surface area contributed by atoms with Crippen molar-refractivity contribution in [3.8, 4) is 0 Å².